The molecule has 0 amide bonds. The average molecular weight is 481 g/mol. The second-order valence-corrected chi connectivity index (χ2v) is 9.54. The number of aromatic nitrogens is 3. The van der Waals surface area contributed by atoms with Crippen LogP contribution in [0.2, 0.25) is 0 Å². The van der Waals surface area contributed by atoms with Crippen molar-refractivity contribution in [2.24, 2.45) is 0 Å². The monoisotopic (exact) mass is 480 g/mol. The van der Waals surface area contributed by atoms with E-state index in [1.807, 2.05) is 20.8 Å². The van der Waals surface area contributed by atoms with Gasteiger partial charge in [-0.1, -0.05) is 0 Å². The van der Waals surface area contributed by atoms with Crippen molar-refractivity contribution in [2.45, 2.75) is 44.7 Å². The van der Waals surface area contributed by atoms with Crippen molar-refractivity contribution in [3.8, 4) is 6.07 Å². The number of aliphatic hydroxyl groups is 1. The van der Waals surface area contributed by atoms with Crippen molar-refractivity contribution in [1.29, 1.82) is 5.26 Å². The summed E-state index contributed by atoms with van der Waals surface area (Å²) in [5, 5.41) is 28.2. The molecule has 1 atom stereocenters. The van der Waals surface area contributed by atoms with Gasteiger partial charge in [-0.15, -0.1) is 0 Å². The molecule has 1 unspecified atom stereocenters. The highest BCUT2D eigenvalue weighted by Gasteiger charge is 2.49. The van der Waals surface area contributed by atoms with E-state index in [0.717, 1.165) is 0 Å². The summed E-state index contributed by atoms with van der Waals surface area (Å²) >= 11 is 0. The molecule has 0 radical (unpaired) electrons. The van der Waals surface area contributed by atoms with E-state index in [9.17, 15) is 20.0 Å². The summed E-state index contributed by atoms with van der Waals surface area (Å²) in [5.41, 5.74) is -0.0576. The van der Waals surface area contributed by atoms with Gasteiger partial charge in [0.2, 0.25) is 6.41 Å². The molecule has 3 heterocycles. The molecule has 3 aromatic rings. The van der Waals surface area contributed by atoms with Gasteiger partial charge in [-0.25, -0.2) is 4.79 Å². The molecule has 11 nitrogen and oxygen atoms in total. The number of H-pyrrole nitrogens is 1. The summed E-state index contributed by atoms with van der Waals surface area (Å²) in [6.07, 6.45) is 0.534. The van der Waals surface area contributed by atoms with Crippen LogP contribution in [-0.4, -0.2) is 63.0 Å². The van der Waals surface area contributed by atoms with E-state index in [0.29, 0.717) is 41.1 Å². The normalized spacial score (nSPS) is 16.3. The zero-order valence-electron chi connectivity index (χ0n) is 20.0. The number of ether oxygens (including phenoxy) is 2. The Morgan fingerprint density at radius 1 is 1.31 bits per heavy atom. The van der Waals surface area contributed by atoms with Gasteiger partial charge in [0.05, 0.1) is 36.3 Å². The predicted molar refractivity (Wildman–Crippen MR) is 128 cm³/mol. The van der Waals surface area contributed by atoms with Crippen molar-refractivity contribution >= 4 is 28.4 Å². The number of carbonyl (C=O) groups is 1. The molecule has 11 heteroatoms. The van der Waals surface area contributed by atoms with Crippen LogP contribution < -0.4 is 10.9 Å². The van der Waals surface area contributed by atoms with E-state index in [1.54, 1.807) is 39.9 Å². The highest BCUT2D eigenvalue weighted by molar-refractivity contribution is 5.92. The smallest absolute Gasteiger partial charge is 0.337 e. The fourth-order valence-electron chi connectivity index (χ4n) is 4.20. The zero-order chi connectivity index (χ0) is 25.4. The summed E-state index contributed by atoms with van der Waals surface area (Å²) in [7, 11) is 1.31. The third kappa shape index (κ3) is 4.77. The van der Waals surface area contributed by atoms with Gasteiger partial charge in [-0.2, -0.15) is 10.4 Å². The first-order chi connectivity index (χ1) is 16.6. The first-order valence-corrected chi connectivity index (χ1v) is 11.1. The second kappa shape index (κ2) is 9.14. The van der Waals surface area contributed by atoms with Gasteiger partial charge in [-0.05, 0) is 51.1 Å². The SMILES string of the molecule is COC(=O)c1ccc(Nc2nn(C3(CC#N)CN(C(O)OC(C)(C)C)C3)c3cc[nH]c(=O)c23)cc1. The third-order valence-electron chi connectivity index (χ3n) is 5.80. The van der Waals surface area contributed by atoms with Crippen LogP contribution in [0.1, 0.15) is 37.6 Å². The molecule has 1 aromatic carbocycles. The van der Waals surface area contributed by atoms with Crippen LogP contribution in [0.3, 0.4) is 0 Å². The maximum absolute atomic E-state index is 12.8. The van der Waals surface area contributed by atoms with Crippen LogP contribution in [0.25, 0.3) is 10.9 Å². The Balaban J connectivity index is 1.68. The molecular weight excluding hydrogens is 452 g/mol. The Morgan fingerprint density at radius 2 is 2.00 bits per heavy atom. The maximum atomic E-state index is 12.8. The first kappa shape index (κ1) is 24.4. The minimum Gasteiger partial charge on any atom is -0.465 e. The first-order valence-electron chi connectivity index (χ1n) is 11.1. The maximum Gasteiger partial charge on any atom is 0.337 e. The van der Waals surface area contributed by atoms with Gasteiger partial charge in [0.15, 0.2) is 5.82 Å². The minimum atomic E-state index is -1.13. The molecule has 0 aliphatic carbocycles. The topological polar surface area (TPSA) is 146 Å². The fraction of sp³-hybridized carbons (Fsp3) is 0.417. The number of likely N-dealkylation sites (tertiary alicyclic amines) is 1. The number of aromatic amines is 1. The largest absolute Gasteiger partial charge is 0.465 e. The van der Waals surface area contributed by atoms with E-state index in [4.69, 9.17) is 14.6 Å². The number of hydrogen-bond acceptors (Lipinski definition) is 9. The molecular formula is C24H28N6O5. The van der Waals surface area contributed by atoms with Gasteiger partial charge in [0, 0.05) is 25.0 Å². The van der Waals surface area contributed by atoms with Crippen molar-refractivity contribution in [1.82, 2.24) is 19.7 Å². The Bertz CT molecular complexity index is 1330. The number of benzene rings is 1. The number of pyridine rings is 1. The average Bonchev–Trinajstić information content (AvgIpc) is 3.14. The molecule has 2 aromatic heterocycles. The van der Waals surface area contributed by atoms with Crippen molar-refractivity contribution < 1.29 is 19.4 Å². The quantitative estimate of drug-likeness (QED) is 0.342. The molecule has 0 spiro atoms. The van der Waals surface area contributed by atoms with E-state index in [-0.39, 0.29) is 12.0 Å². The summed E-state index contributed by atoms with van der Waals surface area (Å²) in [6, 6.07) is 10.5. The molecule has 35 heavy (non-hydrogen) atoms. The molecule has 0 bridgehead atoms. The number of nitriles is 1. The van der Waals surface area contributed by atoms with Crippen LogP contribution in [-0.2, 0) is 15.0 Å². The number of nitrogens with one attached hydrogen (secondary N) is 2. The number of fused-ring (bicyclic) bond motifs is 1. The summed E-state index contributed by atoms with van der Waals surface area (Å²) in [6.45, 7) is 6.17. The van der Waals surface area contributed by atoms with E-state index in [1.165, 1.54) is 13.3 Å². The molecule has 1 aliphatic heterocycles. The van der Waals surface area contributed by atoms with Crippen LogP contribution >= 0.6 is 0 Å². The minimum absolute atomic E-state index is 0.128. The van der Waals surface area contributed by atoms with Crippen LogP contribution in [0.5, 0.6) is 0 Å². The zero-order valence-corrected chi connectivity index (χ0v) is 20.0. The number of nitrogens with zero attached hydrogens (tertiary/aromatic N) is 4. The molecule has 4 rings (SSSR count). The molecule has 0 saturated carbocycles. The fourth-order valence-corrected chi connectivity index (χ4v) is 4.20. The second-order valence-electron chi connectivity index (χ2n) is 9.54. The predicted octanol–water partition coefficient (Wildman–Crippen LogP) is 2.27. The number of esters is 1. The van der Waals surface area contributed by atoms with Gasteiger partial charge in [0.25, 0.3) is 5.56 Å². The molecule has 1 saturated heterocycles. The molecule has 184 valence electrons. The lowest BCUT2D eigenvalue weighted by atomic mass is 9.87. The lowest BCUT2D eigenvalue weighted by Gasteiger charge is -2.51. The number of hydrogen-bond donors (Lipinski definition) is 3. The number of aliphatic hydroxyl groups excluding tert-OH is 1. The Labute approximate surface area is 201 Å². The van der Waals surface area contributed by atoms with Gasteiger partial charge in [0.1, 0.15) is 10.9 Å². The number of carbonyl (C=O) groups excluding carboxylic acids is 1. The molecule has 3 N–H and O–H groups in total. The lowest BCUT2D eigenvalue weighted by Crippen LogP contribution is -2.66. The molecule has 1 aliphatic rings. The van der Waals surface area contributed by atoms with Gasteiger partial charge in [-0.3, -0.25) is 14.4 Å². The van der Waals surface area contributed by atoms with Crippen molar-refractivity contribution in [2.75, 3.05) is 25.5 Å². The van der Waals surface area contributed by atoms with Gasteiger partial charge >= 0.3 is 5.97 Å². The molecule has 1 fully saturated rings. The Kier molecular flexibility index (Phi) is 6.38. The Morgan fingerprint density at radius 3 is 2.60 bits per heavy atom. The summed E-state index contributed by atoms with van der Waals surface area (Å²) in [4.78, 5) is 28.9. The van der Waals surface area contributed by atoms with E-state index >= 15 is 0 Å². The lowest BCUT2D eigenvalue weighted by molar-refractivity contribution is -0.271. The van der Waals surface area contributed by atoms with E-state index in [2.05, 4.69) is 16.4 Å². The highest BCUT2D eigenvalue weighted by Crippen LogP contribution is 2.38. The van der Waals surface area contributed by atoms with Crippen LogP contribution in [0.15, 0.2) is 41.3 Å². The number of rotatable bonds is 7. The Hall–Kier alpha value is -3.72. The van der Waals surface area contributed by atoms with Crippen molar-refractivity contribution in [3.05, 3.63) is 52.4 Å². The highest BCUT2D eigenvalue weighted by atomic mass is 16.6. The third-order valence-corrected chi connectivity index (χ3v) is 5.80. The standard InChI is InChI=1S/C24H28N6O5/c1-23(2,3)35-22(33)29-13-24(14-29,10-11-25)30-17-9-12-26-20(31)18(17)19(28-30)27-16-7-5-15(6-8-16)21(32)34-4/h5-9,12,22,33H,10,13-14H2,1-4H3,(H,26,31)(H,27,28). The van der Waals surface area contributed by atoms with Crippen LogP contribution in [0.4, 0.5) is 11.5 Å². The van der Waals surface area contributed by atoms with Gasteiger partial charge < -0.3 is 24.9 Å². The van der Waals surface area contributed by atoms with Crippen LogP contribution in [0, 0.1) is 11.3 Å². The van der Waals surface area contributed by atoms with E-state index < -0.39 is 23.5 Å². The van der Waals surface area contributed by atoms with Crippen molar-refractivity contribution in [3.63, 3.8) is 0 Å². The summed E-state index contributed by atoms with van der Waals surface area (Å²) < 4.78 is 12.1. The number of anilines is 2. The number of methoxy groups -OCH3 is 1. The summed E-state index contributed by atoms with van der Waals surface area (Å²) in [5.74, 6) is -0.136.